The van der Waals surface area contributed by atoms with Crippen LogP contribution in [-0.4, -0.2) is 38.0 Å². The predicted octanol–water partition coefficient (Wildman–Crippen LogP) is 1.06. The molecule has 1 unspecified atom stereocenters. The number of hydrogen-bond acceptors (Lipinski definition) is 4. The largest absolute Gasteiger partial charge is 0.480 e. The SMILES string of the molecule is C=CCCC(NC(=O)Cc1ccc(S(=O)(=O)NCC)cc1)C(=O)O. The summed E-state index contributed by atoms with van der Waals surface area (Å²) in [6.07, 6.45) is 2.31. The normalized spacial score (nSPS) is 12.4. The highest BCUT2D eigenvalue weighted by molar-refractivity contribution is 7.89. The lowest BCUT2D eigenvalue weighted by Gasteiger charge is -2.13. The van der Waals surface area contributed by atoms with Crippen LogP contribution in [-0.2, 0) is 26.0 Å². The van der Waals surface area contributed by atoms with Crippen LogP contribution in [0.2, 0.25) is 0 Å². The van der Waals surface area contributed by atoms with Gasteiger partial charge in [-0.05, 0) is 30.5 Å². The number of nitrogens with one attached hydrogen (secondary N) is 2. The van der Waals surface area contributed by atoms with Gasteiger partial charge in [0.25, 0.3) is 0 Å². The lowest BCUT2D eigenvalue weighted by atomic mass is 10.1. The summed E-state index contributed by atoms with van der Waals surface area (Å²) in [4.78, 5) is 23.1. The zero-order chi connectivity index (χ0) is 18.2. The molecule has 0 fully saturated rings. The Morgan fingerprint density at radius 1 is 1.29 bits per heavy atom. The van der Waals surface area contributed by atoms with E-state index in [0.717, 1.165) is 0 Å². The molecule has 1 atom stereocenters. The van der Waals surface area contributed by atoms with Gasteiger partial charge in [0.2, 0.25) is 15.9 Å². The van der Waals surface area contributed by atoms with E-state index in [1.165, 1.54) is 24.3 Å². The molecule has 3 N–H and O–H groups in total. The van der Waals surface area contributed by atoms with Gasteiger partial charge in [0.15, 0.2) is 0 Å². The zero-order valence-electron chi connectivity index (χ0n) is 13.5. The Balaban J connectivity index is 2.70. The van der Waals surface area contributed by atoms with E-state index in [4.69, 9.17) is 5.11 Å². The number of rotatable bonds is 10. The number of carboxylic acid groups (broad SMARTS) is 1. The van der Waals surface area contributed by atoms with Crippen molar-refractivity contribution in [3.63, 3.8) is 0 Å². The Kier molecular flexibility index (Phi) is 7.60. The van der Waals surface area contributed by atoms with Crippen LogP contribution in [0.1, 0.15) is 25.3 Å². The van der Waals surface area contributed by atoms with Gasteiger partial charge >= 0.3 is 5.97 Å². The van der Waals surface area contributed by atoms with Crippen molar-refractivity contribution in [2.24, 2.45) is 0 Å². The summed E-state index contributed by atoms with van der Waals surface area (Å²) in [7, 11) is -3.53. The number of amides is 1. The first-order valence-corrected chi connectivity index (χ1v) is 9.00. The second-order valence-corrected chi connectivity index (χ2v) is 6.91. The fourth-order valence-corrected chi connectivity index (χ4v) is 3.07. The number of sulfonamides is 1. The van der Waals surface area contributed by atoms with Crippen LogP contribution in [0.3, 0.4) is 0 Å². The Hall–Kier alpha value is -2.19. The minimum Gasteiger partial charge on any atom is -0.480 e. The van der Waals surface area contributed by atoms with Gasteiger partial charge in [-0.3, -0.25) is 4.79 Å². The molecule has 8 heteroatoms. The van der Waals surface area contributed by atoms with Crippen LogP contribution in [0.5, 0.6) is 0 Å². The van der Waals surface area contributed by atoms with Gasteiger partial charge in [-0.25, -0.2) is 17.9 Å². The van der Waals surface area contributed by atoms with Crippen LogP contribution < -0.4 is 10.0 Å². The summed E-state index contributed by atoms with van der Waals surface area (Å²) >= 11 is 0. The van der Waals surface area contributed by atoms with Crippen LogP contribution in [0.4, 0.5) is 0 Å². The van der Waals surface area contributed by atoms with E-state index in [1.807, 2.05) is 0 Å². The Morgan fingerprint density at radius 3 is 2.42 bits per heavy atom. The van der Waals surface area contributed by atoms with Crippen LogP contribution in [0.15, 0.2) is 41.8 Å². The van der Waals surface area contributed by atoms with Crippen molar-refractivity contribution in [2.45, 2.75) is 37.1 Å². The highest BCUT2D eigenvalue weighted by atomic mass is 32.2. The first kappa shape index (κ1) is 19.9. The van der Waals surface area contributed by atoms with E-state index in [2.05, 4.69) is 16.6 Å². The molecule has 0 aliphatic rings. The number of aliphatic carboxylic acids is 1. The average molecular weight is 354 g/mol. The van der Waals surface area contributed by atoms with Crippen LogP contribution >= 0.6 is 0 Å². The summed E-state index contributed by atoms with van der Waals surface area (Å²) in [6, 6.07) is 4.91. The van der Waals surface area contributed by atoms with Gasteiger partial charge in [-0.15, -0.1) is 6.58 Å². The molecule has 0 heterocycles. The second kappa shape index (κ2) is 9.19. The Bertz CT molecular complexity index is 683. The third kappa shape index (κ3) is 6.13. The molecule has 0 saturated carbocycles. The first-order valence-electron chi connectivity index (χ1n) is 7.51. The Labute approximate surface area is 141 Å². The number of carbonyl (C=O) groups is 2. The third-order valence-electron chi connectivity index (χ3n) is 3.23. The molecule has 1 aromatic rings. The molecule has 0 aliphatic carbocycles. The van der Waals surface area contributed by atoms with Gasteiger partial charge < -0.3 is 10.4 Å². The topological polar surface area (TPSA) is 113 Å². The standard InChI is InChI=1S/C16H22N2O5S/c1-3-5-6-14(16(20)21)18-15(19)11-12-7-9-13(10-8-12)24(22,23)17-4-2/h3,7-10,14,17H,1,4-6,11H2,2H3,(H,18,19)(H,20,21). The summed E-state index contributed by atoms with van der Waals surface area (Å²) < 4.78 is 26.0. The molecular weight excluding hydrogens is 332 g/mol. The highest BCUT2D eigenvalue weighted by Gasteiger charge is 2.19. The molecule has 1 rings (SSSR count). The first-order chi connectivity index (χ1) is 11.3. The summed E-state index contributed by atoms with van der Waals surface area (Å²) in [5.74, 6) is -1.54. The molecule has 0 aliphatic heterocycles. The predicted molar refractivity (Wildman–Crippen MR) is 90.0 cm³/mol. The second-order valence-electron chi connectivity index (χ2n) is 5.15. The molecule has 132 valence electrons. The van der Waals surface area contributed by atoms with Crippen molar-refractivity contribution in [3.8, 4) is 0 Å². The van der Waals surface area contributed by atoms with Crippen molar-refractivity contribution in [2.75, 3.05) is 6.54 Å². The van der Waals surface area contributed by atoms with Crippen molar-refractivity contribution >= 4 is 21.9 Å². The van der Waals surface area contributed by atoms with Gasteiger partial charge in [-0.2, -0.15) is 0 Å². The molecule has 24 heavy (non-hydrogen) atoms. The maximum atomic E-state index is 11.9. The highest BCUT2D eigenvalue weighted by Crippen LogP contribution is 2.11. The van der Waals surface area contributed by atoms with Gasteiger partial charge in [-0.1, -0.05) is 25.1 Å². The maximum Gasteiger partial charge on any atom is 0.326 e. The summed E-state index contributed by atoms with van der Waals surface area (Å²) in [5, 5.41) is 11.5. The van der Waals surface area contributed by atoms with E-state index >= 15 is 0 Å². The minimum absolute atomic E-state index is 0.0284. The maximum absolute atomic E-state index is 11.9. The number of hydrogen-bond donors (Lipinski definition) is 3. The number of carboxylic acids is 1. The van der Waals surface area contributed by atoms with E-state index in [0.29, 0.717) is 12.0 Å². The smallest absolute Gasteiger partial charge is 0.326 e. The van der Waals surface area contributed by atoms with Crippen molar-refractivity contribution in [1.82, 2.24) is 10.0 Å². The minimum atomic E-state index is -3.53. The molecule has 1 aromatic carbocycles. The number of allylic oxidation sites excluding steroid dienone is 1. The third-order valence-corrected chi connectivity index (χ3v) is 4.79. The van der Waals surface area contributed by atoms with Crippen LogP contribution in [0.25, 0.3) is 0 Å². The lowest BCUT2D eigenvalue weighted by Crippen LogP contribution is -2.41. The molecule has 0 bridgehead atoms. The molecule has 1 amide bonds. The van der Waals surface area contributed by atoms with Crippen LogP contribution in [0, 0.1) is 0 Å². The average Bonchev–Trinajstić information content (AvgIpc) is 2.51. The molecule has 0 spiro atoms. The molecule has 0 saturated heterocycles. The number of carbonyl (C=O) groups excluding carboxylic acids is 1. The summed E-state index contributed by atoms with van der Waals surface area (Å²) in [5.41, 5.74) is 0.593. The fourth-order valence-electron chi connectivity index (χ4n) is 2.03. The quantitative estimate of drug-likeness (QED) is 0.544. The molecular formula is C16H22N2O5S. The molecule has 7 nitrogen and oxygen atoms in total. The fraction of sp³-hybridized carbons (Fsp3) is 0.375. The zero-order valence-corrected chi connectivity index (χ0v) is 14.3. The van der Waals surface area contributed by atoms with Gasteiger partial charge in [0.1, 0.15) is 6.04 Å². The lowest BCUT2D eigenvalue weighted by molar-refractivity contribution is -0.141. The summed E-state index contributed by atoms with van der Waals surface area (Å²) in [6.45, 7) is 5.49. The molecule has 0 aromatic heterocycles. The van der Waals surface area contributed by atoms with Crippen molar-refractivity contribution in [3.05, 3.63) is 42.5 Å². The number of benzene rings is 1. The van der Waals surface area contributed by atoms with Gasteiger partial charge in [0, 0.05) is 6.54 Å². The van der Waals surface area contributed by atoms with E-state index in [-0.39, 0.29) is 24.3 Å². The van der Waals surface area contributed by atoms with Crippen molar-refractivity contribution in [1.29, 1.82) is 0 Å². The molecule has 0 radical (unpaired) electrons. The van der Waals surface area contributed by atoms with E-state index in [1.54, 1.807) is 13.0 Å². The Morgan fingerprint density at radius 2 is 1.92 bits per heavy atom. The van der Waals surface area contributed by atoms with Gasteiger partial charge in [0.05, 0.1) is 11.3 Å². The van der Waals surface area contributed by atoms with Crippen molar-refractivity contribution < 1.29 is 23.1 Å². The van der Waals surface area contributed by atoms with E-state index < -0.39 is 27.9 Å². The van der Waals surface area contributed by atoms with E-state index in [9.17, 15) is 18.0 Å². The monoisotopic (exact) mass is 354 g/mol.